The number of likely N-dealkylation sites (N-methyl/N-ethyl adjacent to an activating group) is 1. The van der Waals surface area contributed by atoms with Crippen molar-refractivity contribution >= 4 is 17.6 Å². The number of rotatable bonds is 6. The van der Waals surface area contributed by atoms with Crippen LogP contribution in [0.3, 0.4) is 0 Å². The molecule has 0 saturated carbocycles. The number of hydrogen-bond acceptors (Lipinski definition) is 6. The van der Waals surface area contributed by atoms with E-state index in [1.807, 2.05) is 6.07 Å². The highest BCUT2D eigenvalue weighted by Crippen LogP contribution is 2.16. The second-order valence-corrected chi connectivity index (χ2v) is 3.29. The molecule has 0 aliphatic heterocycles. The number of ether oxygens (including phenoxy) is 1. The van der Waals surface area contributed by atoms with Gasteiger partial charge in [-0.15, -0.1) is 0 Å². The average molecular weight is 225 g/mol. The van der Waals surface area contributed by atoms with Crippen LogP contribution < -0.4 is 16.0 Å². The summed E-state index contributed by atoms with van der Waals surface area (Å²) in [4.78, 5) is 10.3. The zero-order valence-electron chi connectivity index (χ0n) is 10.0. The number of nitrogens with one attached hydrogen (secondary N) is 1. The number of nitrogens with zero attached hydrogens (tertiary/aromatic N) is 3. The first-order valence-electron chi connectivity index (χ1n) is 5.27. The van der Waals surface area contributed by atoms with Crippen LogP contribution in [0.5, 0.6) is 0 Å². The molecule has 0 amide bonds. The van der Waals surface area contributed by atoms with Gasteiger partial charge in [-0.05, 0) is 6.92 Å². The topological polar surface area (TPSA) is 76.3 Å². The van der Waals surface area contributed by atoms with Crippen LogP contribution in [-0.2, 0) is 4.74 Å². The quantitative estimate of drug-likeness (QED) is 0.737. The van der Waals surface area contributed by atoms with E-state index in [2.05, 4.69) is 27.1 Å². The van der Waals surface area contributed by atoms with Crippen LogP contribution in [0.4, 0.5) is 17.6 Å². The molecule has 1 heterocycles. The lowest BCUT2D eigenvalue weighted by Gasteiger charge is -2.21. The van der Waals surface area contributed by atoms with Gasteiger partial charge in [0.25, 0.3) is 0 Å². The van der Waals surface area contributed by atoms with Gasteiger partial charge >= 0.3 is 0 Å². The highest BCUT2D eigenvalue weighted by Gasteiger charge is 2.08. The minimum absolute atomic E-state index is 0.276. The lowest BCUT2D eigenvalue weighted by atomic mass is 10.4. The third kappa shape index (κ3) is 3.23. The summed E-state index contributed by atoms with van der Waals surface area (Å²) in [6, 6.07) is 1.87. The molecule has 0 aliphatic carbocycles. The van der Waals surface area contributed by atoms with Gasteiger partial charge in [0, 0.05) is 33.3 Å². The summed E-state index contributed by atoms with van der Waals surface area (Å²) < 4.78 is 5.05. The Bertz CT molecular complexity index is 331. The van der Waals surface area contributed by atoms with Crippen LogP contribution in [0.1, 0.15) is 6.92 Å². The van der Waals surface area contributed by atoms with Crippen molar-refractivity contribution in [3.05, 3.63) is 6.07 Å². The molecular formula is C10H19N5O. The Morgan fingerprint density at radius 3 is 2.81 bits per heavy atom. The van der Waals surface area contributed by atoms with Crippen LogP contribution >= 0.6 is 0 Å². The van der Waals surface area contributed by atoms with Crippen molar-refractivity contribution in [2.45, 2.75) is 6.92 Å². The van der Waals surface area contributed by atoms with Gasteiger partial charge in [0.05, 0.1) is 6.61 Å². The third-order valence-electron chi connectivity index (χ3n) is 2.26. The van der Waals surface area contributed by atoms with Gasteiger partial charge in [0.1, 0.15) is 11.6 Å². The van der Waals surface area contributed by atoms with Crippen LogP contribution in [0, 0.1) is 0 Å². The van der Waals surface area contributed by atoms with Crippen LogP contribution in [0.15, 0.2) is 6.07 Å². The minimum atomic E-state index is 0.276. The second kappa shape index (κ2) is 6.12. The van der Waals surface area contributed by atoms with E-state index in [4.69, 9.17) is 10.5 Å². The van der Waals surface area contributed by atoms with Gasteiger partial charge in [-0.2, -0.15) is 9.97 Å². The fourth-order valence-corrected chi connectivity index (χ4v) is 1.38. The molecule has 0 radical (unpaired) electrons. The Hall–Kier alpha value is -1.56. The number of hydrogen-bond donors (Lipinski definition) is 2. The van der Waals surface area contributed by atoms with Crippen molar-refractivity contribution in [1.82, 2.24) is 9.97 Å². The molecular weight excluding hydrogens is 206 g/mol. The molecule has 0 fully saturated rings. The fraction of sp³-hybridized carbons (Fsp3) is 0.600. The highest BCUT2D eigenvalue weighted by molar-refractivity contribution is 5.52. The molecule has 90 valence electrons. The molecule has 16 heavy (non-hydrogen) atoms. The third-order valence-corrected chi connectivity index (χ3v) is 2.26. The van der Waals surface area contributed by atoms with Gasteiger partial charge in [-0.25, -0.2) is 0 Å². The van der Waals surface area contributed by atoms with E-state index < -0.39 is 0 Å². The van der Waals surface area contributed by atoms with E-state index in [1.54, 1.807) is 14.2 Å². The zero-order chi connectivity index (χ0) is 12.0. The first-order valence-corrected chi connectivity index (χ1v) is 5.27. The zero-order valence-corrected chi connectivity index (χ0v) is 10.0. The largest absolute Gasteiger partial charge is 0.383 e. The molecule has 0 unspecified atom stereocenters. The predicted octanol–water partition coefficient (Wildman–Crippen LogP) is 0.573. The highest BCUT2D eigenvalue weighted by atomic mass is 16.5. The average Bonchev–Trinajstić information content (AvgIpc) is 2.29. The number of aromatic nitrogens is 2. The predicted molar refractivity (Wildman–Crippen MR) is 65.8 cm³/mol. The molecule has 0 atom stereocenters. The van der Waals surface area contributed by atoms with Gasteiger partial charge in [0.2, 0.25) is 5.95 Å². The molecule has 0 spiro atoms. The molecule has 1 aromatic rings. The number of nitrogen functional groups attached to an aromatic ring is 1. The monoisotopic (exact) mass is 225 g/mol. The SMILES string of the molecule is CCN(CCOC)c1cc(NC)nc(N)n1. The summed E-state index contributed by atoms with van der Waals surface area (Å²) in [5.41, 5.74) is 5.64. The van der Waals surface area contributed by atoms with E-state index in [1.165, 1.54) is 0 Å². The van der Waals surface area contributed by atoms with Crippen molar-refractivity contribution in [1.29, 1.82) is 0 Å². The van der Waals surface area contributed by atoms with Crippen LogP contribution in [0.25, 0.3) is 0 Å². The maximum atomic E-state index is 5.64. The Morgan fingerprint density at radius 2 is 2.25 bits per heavy atom. The van der Waals surface area contributed by atoms with Crippen molar-refractivity contribution in [2.24, 2.45) is 0 Å². The smallest absolute Gasteiger partial charge is 0.223 e. The van der Waals surface area contributed by atoms with E-state index in [-0.39, 0.29) is 5.95 Å². The summed E-state index contributed by atoms with van der Waals surface area (Å²) in [6.45, 7) is 4.36. The van der Waals surface area contributed by atoms with Gasteiger partial charge in [-0.1, -0.05) is 0 Å². The first-order chi connectivity index (χ1) is 7.71. The lowest BCUT2D eigenvalue weighted by molar-refractivity contribution is 0.205. The van der Waals surface area contributed by atoms with E-state index in [0.29, 0.717) is 6.61 Å². The molecule has 0 aliphatic rings. The maximum absolute atomic E-state index is 5.64. The molecule has 0 saturated heterocycles. The Kier molecular flexibility index (Phi) is 4.78. The molecule has 0 bridgehead atoms. The summed E-state index contributed by atoms with van der Waals surface area (Å²) in [6.07, 6.45) is 0. The summed E-state index contributed by atoms with van der Waals surface area (Å²) in [5.74, 6) is 1.81. The van der Waals surface area contributed by atoms with E-state index in [9.17, 15) is 0 Å². The van der Waals surface area contributed by atoms with Crippen molar-refractivity contribution < 1.29 is 4.74 Å². The van der Waals surface area contributed by atoms with Gasteiger partial charge in [-0.3, -0.25) is 0 Å². The standard InChI is InChI=1S/C10H19N5O/c1-4-15(5-6-16-3)9-7-8(12-2)13-10(11)14-9/h7H,4-6H2,1-3H3,(H3,11,12,13,14). The number of methoxy groups -OCH3 is 1. The van der Waals surface area contributed by atoms with Gasteiger partial charge in [0.15, 0.2) is 0 Å². The van der Waals surface area contributed by atoms with Gasteiger partial charge < -0.3 is 20.7 Å². The fourth-order valence-electron chi connectivity index (χ4n) is 1.38. The molecule has 6 heteroatoms. The summed E-state index contributed by atoms with van der Waals surface area (Å²) in [7, 11) is 3.48. The Labute approximate surface area is 95.8 Å². The molecule has 1 rings (SSSR count). The van der Waals surface area contributed by atoms with Crippen molar-refractivity contribution in [3.63, 3.8) is 0 Å². The molecule has 3 N–H and O–H groups in total. The van der Waals surface area contributed by atoms with E-state index >= 15 is 0 Å². The van der Waals surface area contributed by atoms with Crippen LogP contribution in [-0.4, -0.2) is 43.8 Å². The Balaban J connectivity index is 2.86. The Morgan fingerprint density at radius 1 is 1.50 bits per heavy atom. The molecule has 0 aromatic carbocycles. The molecule has 6 nitrogen and oxygen atoms in total. The summed E-state index contributed by atoms with van der Waals surface area (Å²) in [5, 5.41) is 2.95. The normalized spacial score (nSPS) is 10.2. The van der Waals surface area contributed by atoms with Crippen molar-refractivity contribution in [2.75, 3.05) is 49.8 Å². The number of anilines is 3. The maximum Gasteiger partial charge on any atom is 0.223 e. The minimum Gasteiger partial charge on any atom is -0.383 e. The summed E-state index contributed by atoms with van der Waals surface area (Å²) >= 11 is 0. The first kappa shape index (κ1) is 12.5. The second-order valence-electron chi connectivity index (χ2n) is 3.29. The lowest BCUT2D eigenvalue weighted by Crippen LogP contribution is -2.28. The van der Waals surface area contributed by atoms with Crippen LogP contribution in [0.2, 0.25) is 0 Å². The number of nitrogens with two attached hydrogens (primary N) is 1. The molecule has 1 aromatic heterocycles. The van der Waals surface area contributed by atoms with E-state index in [0.717, 1.165) is 24.7 Å². The van der Waals surface area contributed by atoms with Crippen molar-refractivity contribution in [3.8, 4) is 0 Å².